The van der Waals surface area contributed by atoms with Gasteiger partial charge in [-0.25, -0.2) is 0 Å². The van der Waals surface area contributed by atoms with Crippen LogP contribution in [-0.2, 0) is 10.2 Å². The fourth-order valence-electron chi connectivity index (χ4n) is 2.29. The minimum absolute atomic E-state index is 0.149. The summed E-state index contributed by atoms with van der Waals surface area (Å²) in [7, 11) is 0. The molecule has 2 heterocycles. The Balaban J connectivity index is 2.08. The molecule has 0 atom stereocenters. The smallest absolute Gasteiger partial charge is 0.119 e. The van der Waals surface area contributed by atoms with E-state index in [9.17, 15) is 0 Å². The van der Waals surface area contributed by atoms with Gasteiger partial charge in [0.25, 0.3) is 0 Å². The Labute approximate surface area is 100 Å². The van der Waals surface area contributed by atoms with Crippen molar-refractivity contribution < 1.29 is 9.15 Å². The molecule has 88 valence electrons. The van der Waals surface area contributed by atoms with Gasteiger partial charge in [-0.05, 0) is 36.8 Å². The van der Waals surface area contributed by atoms with Crippen LogP contribution in [0.5, 0.6) is 0 Å². The molecule has 0 amide bonds. The number of benzene rings is 1. The molecule has 0 bridgehead atoms. The Kier molecular flexibility index (Phi) is 2.23. The lowest BCUT2D eigenvalue weighted by molar-refractivity contribution is -0.0478. The van der Waals surface area contributed by atoms with Crippen molar-refractivity contribution in [1.82, 2.24) is 0 Å². The lowest BCUT2D eigenvalue weighted by atomic mass is 9.76. The van der Waals surface area contributed by atoms with Crippen molar-refractivity contribution in [1.29, 1.82) is 0 Å². The third-order valence-corrected chi connectivity index (χ3v) is 3.35. The van der Waals surface area contributed by atoms with Gasteiger partial charge in [0, 0.05) is 5.69 Å². The van der Waals surface area contributed by atoms with E-state index in [1.54, 1.807) is 0 Å². The van der Waals surface area contributed by atoms with Crippen molar-refractivity contribution in [3.8, 4) is 0 Å². The first kappa shape index (κ1) is 10.4. The zero-order valence-corrected chi connectivity index (χ0v) is 9.77. The van der Waals surface area contributed by atoms with Gasteiger partial charge in [0.15, 0.2) is 0 Å². The van der Waals surface area contributed by atoms with E-state index in [0.29, 0.717) is 13.2 Å². The van der Waals surface area contributed by atoms with Crippen LogP contribution in [-0.4, -0.2) is 13.2 Å². The SMILES string of the molecule is Cc1ccc(C2(c3cccc(N)c3)COC2)o1. The van der Waals surface area contributed by atoms with Crippen LogP contribution in [0.4, 0.5) is 5.69 Å². The molecular formula is C14H15NO2. The quantitative estimate of drug-likeness (QED) is 0.805. The molecule has 17 heavy (non-hydrogen) atoms. The first-order valence-corrected chi connectivity index (χ1v) is 5.71. The summed E-state index contributed by atoms with van der Waals surface area (Å²) in [4.78, 5) is 0. The summed E-state index contributed by atoms with van der Waals surface area (Å²) in [6.45, 7) is 3.27. The summed E-state index contributed by atoms with van der Waals surface area (Å²) in [5, 5.41) is 0. The average molecular weight is 229 g/mol. The van der Waals surface area contributed by atoms with Crippen LogP contribution in [0.3, 0.4) is 0 Å². The molecular weight excluding hydrogens is 214 g/mol. The van der Waals surface area contributed by atoms with Gasteiger partial charge >= 0.3 is 0 Å². The van der Waals surface area contributed by atoms with Crippen LogP contribution in [0.2, 0.25) is 0 Å². The maximum atomic E-state index is 5.85. The number of ether oxygens (including phenoxy) is 1. The second kappa shape index (κ2) is 3.64. The Bertz CT molecular complexity index is 541. The second-order valence-corrected chi connectivity index (χ2v) is 4.61. The molecule has 1 saturated heterocycles. The maximum Gasteiger partial charge on any atom is 0.119 e. The molecule has 1 aliphatic heterocycles. The summed E-state index contributed by atoms with van der Waals surface area (Å²) in [5.74, 6) is 1.89. The van der Waals surface area contributed by atoms with Gasteiger partial charge in [-0.1, -0.05) is 12.1 Å². The molecule has 0 aliphatic carbocycles. The van der Waals surface area contributed by atoms with Crippen molar-refractivity contribution >= 4 is 5.69 Å². The highest BCUT2D eigenvalue weighted by Gasteiger charge is 2.44. The lowest BCUT2D eigenvalue weighted by Gasteiger charge is -2.40. The first-order valence-electron chi connectivity index (χ1n) is 5.71. The van der Waals surface area contributed by atoms with Gasteiger partial charge in [0.05, 0.1) is 18.6 Å². The summed E-state index contributed by atoms with van der Waals surface area (Å²) in [6, 6.07) is 12.0. The van der Waals surface area contributed by atoms with Crippen molar-refractivity contribution in [2.45, 2.75) is 12.3 Å². The molecule has 2 N–H and O–H groups in total. The van der Waals surface area contributed by atoms with Crippen molar-refractivity contribution in [3.05, 3.63) is 53.5 Å². The molecule has 0 radical (unpaired) electrons. The van der Waals surface area contributed by atoms with Crippen molar-refractivity contribution in [2.75, 3.05) is 18.9 Å². The number of hydrogen-bond donors (Lipinski definition) is 1. The normalized spacial score (nSPS) is 17.7. The standard InChI is InChI=1S/C14H15NO2/c1-10-5-6-13(17-10)14(8-16-9-14)11-3-2-4-12(15)7-11/h2-7H,8-9,15H2,1H3. The Morgan fingerprint density at radius 1 is 1.18 bits per heavy atom. The molecule has 1 aromatic carbocycles. The number of aryl methyl sites for hydroxylation is 1. The minimum atomic E-state index is -0.149. The number of nitrogens with two attached hydrogens (primary N) is 1. The molecule has 3 heteroatoms. The molecule has 2 aromatic rings. The van der Waals surface area contributed by atoms with E-state index in [-0.39, 0.29) is 5.41 Å². The van der Waals surface area contributed by atoms with Crippen LogP contribution >= 0.6 is 0 Å². The second-order valence-electron chi connectivity index (χ2n) is 4.61. The number of anilines is 1. The predicted molar refractivity (Wildman–Crippen MR) is 65.9 cm³/mol. The Hall–Kier alpha value is -1.74. The van der Waals surface area contributed by atoms with Crippen LogP contribution < -0.4 is 5.73 Å². The molecule has 1 aliphatic rings. The van der Waals surface area contributed by atoms with Gasteiger partial charge in [-0.2, -0.15) is 0 Å². The topological polar surface area (TPSA) is 48.4 Å². The van der Waals surface area contributed by atoms with E-state index in [2.05, 4.69) is 6.07 Å². The molecule has 1 aromatic heterocycles. The summed E-state index contributed by atoms with van der Waals surface area (Å²) >= 11 is 0. The maximum absolute atomic E-state index is 5.85. The predicted octanol–water partition coefficient (Wildman–Crippen LogP) is 2.49. The average Bonchev–Trinajstić information content (AvgIpc) is 2.64. The third kappa shape index (κ3) is 1.54. The zero-order valence-electron chi connectivity index (χ0n) is 9.77. The fourth-order valence-corrected chi connectivity index (χ4v) is 2.29. The molecule has 0 saturated carbocycles. The largest absolute Gasteiger partial charge is 0.465 e. The van der Waals surface area contributed by atoms with Crippen molar-refractivity contribution in [2.24, 2.45) is 0 Å². The van der Waals surface area contributed by atoms with E-state index in [4.69, 9.17) is 14.9 Å². The highest BCUT2D eigenvalue weighted by Crippen LogP contribution is 2.40. The van der Waals surface area contributed by atoms with E-state index in [1.807, 2.05) is 37.3 Å². The number of hydrogen-bond acceptors (Lipinski definition) is 3. The highest BCUT2D eigenvalue weighted by molar-refractivity contribution is 5.47. The molecule has 3 rings (SSSR count). The summed E-state index contributed by atoms with van der Waals surface area (Å²) in [6.07, 6.45) is 0. The fraction of sp³-hybridized carbons (Fsp3) is 0.286. The highest BCUT2D eigenvalue weighted by atomic mass is 16.5. The van der Waals surface area contributed by atoms with Crippen LogP contribution in [0, 0.1) is 6.92 Å². The Morgan fingerprint density at radius 3 is 2.53 bits per heavy atom. The molecule has 0 unspecified atom stereocenters. The molecule has 0 spiro atoms. The van der Waals surface area contributed by atoms with E-state index in [0.717, 1.165) is 22.8 Å². The number of furan rings is 1. The van der Waals surface area contributed by atoms with Crippen LogP contribution in [0.15, 0.2) is 40.8 Å². The molecule has 3 nitrogen and oxygen atoms in total. The monoisotopic (exact) mass is 229 g/mol. The lowest BCUT2D eigenvalue weighted by Crippen LogP contribution is -2.47. The van der Waals surface area contributed by atoms with Crippen LogP contribution in [0.1, 0.15) is 17.1 Å². The van der Waals surface area contributed by atoms with Crippen molar-refractivity contribution in [3.63, 3.8) is 0 Å². The summed E-state index contributed by atoms with van der Waals surface area (Å²) in [5.41, 5.74) is 7.64. The van der Waals surface area contributed by atoms with Gasteiger partial charge in [0.1, 0.15) is 11.5 Å². The minimum Gasteiger partial charge on any atom is -0.465 e. The van der Waals surface area contributed by atoms with Gasteiger partial charge in [-0.15, -0.1) is 0 Å². The van der Waals surface area contributed by atoms with E-state index < -0.39 is 0 Å². The van der Waals surface area contributed by atoms with E-state index in [1.165, 1.54) is 0 Å². The van der Waals surface area contributed by atoms with E-state index >= 15 is 0 Å². The molecule has 1 fully saturated rings. The zero-order chi connectivity index (χ0) is 11.9. The summed E-state index contributed by atoms with van der Waals surface area (Å²) < 4.78 is 11.2. The van der Waals surface area contributed by atoms with Gasteiger partial charge < -0.3 is 14.9 Å². The Morgan fingerprint density at radius 2 is 2.00 bits per heavy atom. The van der Waals surface area contributed by atoms with Gasteiger partial charge in [-0.3, -0.25) is 0 Å². The third-order valence-electron chi connectivity index (χ3n) is 3.35. The van der Waals surface area contributed by atoms with Crippen LogP contribution in [0.25, 0.3) is 0 Å². The number of rotatable bonds is 2. The van der Waals surface area contributed by atoms with Gasteiger partial charge in [0.2, 0.25) is 0 Å². The number of nitrogen functional groups attached to an aromatic ring is 1. The first-order chi connectivity index (χ1) is 8.21.